The number of amides is 1. The molecule has 1 atom stereocenters. The molecule has 0 saturated carbocycles. The Morgan fingerprint density at radius 3 is 2.54 bits per heavy atom. The molecule has 1 amide bonds. The average molecular weight is 398 g/mol. The first-order valence-corrected chi connectivity index (χ1v) is 9.12. The Bertz CT molecular complexity index is 1060. The fraction of sp³-hybridized carbons (Fsp3) is 0.190. The van der Waals surface area contributed by atoms with E-state index in [9.17, 15) is 9.59 Å². The first kappa shape index (κ1) is 19.6. The minimum absolute atomic E-state index is 0.158. The Labute approximate surface area is 167 Å². The van der Waals surface area contributed by atoms with Gasteiger partial charge in [-0.15, -0.1) is 5.10 Å². The Balaban J connectivity index is 1.79. The molecule has 1 heterocycles. The van der Waals surface area contributed by atoms with Crippen LogP contribution < -0.4 is 15.6 Å². The SMILES string of the molecule is Cc1ccc(NC(=O)[C@@H](C)Oc2ccc(=O)n(-c3cc(Cl)ccc3C)n2)cc1. The summed E-state index contributed by atoms with van der Waals surface area (Å²) in [6.45, 7) is 5.44. The lowest BCUT2D eigenvalue weighted by Crippen LogP contribution is -2.31. The largest absolute Gasteiger partial charge is 0.463 e. The molecule has 0 saturated heterocycles. The van der Waals surface area contributed by atoms with E-state index in [1.807, 2.05) is 38.1 Å². The predicted molar refractivity (Wildman–Crippen MR) is 109 cm³/mol. The van der Waals surface area contributed by atoms with Crippen LogP contribution in [0.4, 0.5) is 5.69 Å². The highest BCUT2D eigenvalue weighted by molar-refractivity contribution is 6.30. The fourth-order valence-electron chi connectivity index (χ4n) is 2.56. The van der Waals surface area contributed by atoms with Crippen LogP contribution >= 0.6 is 11.6 Å². The zero-order valence-corrected chi connectivity index (χ0v) is 16.5. The number of rotatable bonds is 5. The lowest BCUT2D eigenvalue weighted by atomic mass is 10.2. The summed E-state index contributed by atoms with van der Waals surface area (Å²) in [5.74, 6) is -0.159. The van der Waals surface area contributed by atoms with Gasteiger partial charge in [0.2, 0.25) is 5.88 Å². The van der Waals surface area contributed by atoms with E-state index in [-0.39, 0.29) is 17.3 Å². The number of aryl methyl sites for hydroxylation is 2. The quantitative estimate of drug-likeness (QED) is 0.708. The maximum atomic E-state index is 12.4. The van der Waals surface area contributed by atoms with Gasteiger partial charge < -0.3 is 10.1 Å². The zero-order valence-electron chi connectivity index (χ0n) is 15.8. The van der Waals surface area contributed by atoms with Crippen molar-refractivity contribution < 1.29 is 9.53 Å². The van der Waals surface area contributed by atoms with Crippen molar-refractivity contribution in [3.8, 4) is 11.6 Å². The van der Waals surface area contributed by atoms with Crippen LogP contribution in [0.3, 0.4) is 0 Å². The lowest BCUT2D eigenvalue weighted by Gasteiger charge is -2.15. The number of aromatic nitrogens is 2. The van der Waals surface area contributed by atoms with Crippen molar-refractivity contribution >= 4 is 23.2 Å². The van der Waals surface area contributed by atoms with E-state index >= 15 is 0 Å². The number of hydrogen-bond acceptors (Lipinski definition) is 4. The summed E-state index contributed by atoms with van der Waals surface area (Å²) >= 11 is 6.04. The van der Waals surface area contributed by atoms with Gasteiger partial charge in [-0.2, -0.15) is 4.68 Å². The van der Waals surface area contributed by atoms with Crippen molar-refractivity contribution in [2.75, 3.05) is 5.32 Å². The summed E-state index contributed by atoms with van der Waals surface area (Å²) in [5, 5.41) is 7.51. The molecule has 0 fully saturated rings. The highest BCUT2D eigenvalue weighted by Gasteiger charge is 2.17. The Morgan fingerprint density at radius 1 is 1.11 bits per heavy atom. The van der Waals surface area contributed by atoms with Crippen LogP contribution in [-0.2, 0) is 4.79 Å². The molecule has 0 aliphatic rings. The Kier molecular flexibility index (Phi) is 5.80. The number of ether oxygens (including phenoxy) is 1. The van der Waals surface area contributed by atoms with Crippen LogP contribution in [0.2, 0.25) is 5.02 Å². The molecule has 0 radical (unpaired) electrons. The van der Waals surface area contributed by atoms with Crippen molar-refractivity contribution in [1.29, 1.82) is 0 Å². The summed E-state index contributed by atoms with van der Waals surface area (Å²) in [5.41, 5.74) is 2.85. The van der Waals surface area contributed by atoms with Gasteiger partial charge in [0.25, 0.3) is 11.5 Å². The van der Waals surface area contributed by atoms with Gasteiger partial charge in [0.15, 0.2) is 6.10 Å². The number of carbonyl (C=O) groups is 1. The van der Waals surface area contributed by atoms with Gasteiger partial charge in [-0.1, -0.05) is 35.4 Å². The maximum Gasteiger partial charge on any atom is 0.271 e. The molecule has 1 N–H and O–H groups in total. The van der Waals surface area contributed by atoms with Gasteiger partial charge in [-0.25, -0.2) is 0 Å². The van der Waals surface area contributed by atoms with E-state index in [1.54, 1.807) is 25.1 Å². The zero-order chi connectivity index (χ0) is 20.3. The van der Waals surface area contributed by atoms with Crippen molar-refractivity contribution in [3.05, 3.63) is 81.1 Å². The maximum absolute atomic E-state index is 12.4. The lowest BCUT2D eigenvalue weighted by molar-refractivity contribution is -0.122. The molecular weight excluding hydrogens is 378 g/mol. The molecule has 0 unspecified atom stereocenters. The molecule has 1 aromatic heterocycles. The molecule has 28 heavy (non-hydrogen) atoms. The number of carbonyl (C=O) groups excluding carboxylic acids is 1. The second-order valence-corrected chi connectivity index (χ2v) is 6.90. The topological polar surface area (TPSA) is 73.2 Å². The van der Waals surface area contributed by atoms with E-state index in [4.69, 9.17) is 16.3 Å². The van der Waals surface area contributed by atoms with Crippen LogP contribution in [0.25, 0.3) is 5.69 Å². The molecule has 7 heteroatoms. The van der Waals surface area contributed by atoms with E-state index in [2.05, 4.69) is 10.4 Å². The first-order chi connectivity index (χ1) is 13.3. The van der Waals surface area contributed by atoms with Gasteiger partial charge >= 0.3 is 0 Å². The number of nitrogens with one attached hydrogen (secondary N) is 1. The third-order valence-corrected chi connectivity index (χ3v) is 4.40. The fourth-order valence-corrected chi connectivity index (χ4v) is 2.72. The highest BCUT2D eigenvalue weighted by atomic mass is 35.5. The van der Waals surface area contributed by atoms with Crippen molar-refractivity contribution in [2.45, 2.75) is 26.9 Å². The minimum Gasteiger partial charge on any atom is -0.463 e. The van der Waals surface area contributed by atoms with Crippen LogP contribution in [-0.4, -0.2) is 21.8 Å². The van der Waals surface area contributed by atoms with Crippen LogP contribution in [0, 0.1) is 13.8 Å². The molecular formula is C21H20ClN3O3. The van der Waals surface area contributed by atoms with Crippen LogP contribution in [0.1, 0.15) is 18.1 Å². The third-order valence-electron chi connectivity index (χ3n) is 4.16. The second-order valence-electron chi connectivity index (χ2n) is 6.47. The number of hydrogen-bond donors (Lipinski definition) is 1. The number of nitrogens with zero attached hydrogens (tertiary/aromatic N) is 2. The summed E-state index contributed by atoms with van der Waals surface area (Å²) in [6.07, 6.45) is -0.805. The van der Waals surface area contributed by atoms with E-state index < -0.39 is 6.10 Å². The van der Waals surface area contributed by atoms with Gasteiger partial charge in [-0.3, -0.25) is 9.59 Å². The van der Waals surface area contributed by atoms with Gasteiger partial charge in [0.1, 0.15) is 0 Å². The molecule has 3 rings (SSSR count). The van der Waals surface area contributed by atoms with E-state index in [1.165, 1.54) is 16.8 Å². The van der Waals surface area contributed by atoms with Gasteiger partial charge in [-0.05, 0) is 50.6 Å². The Morgan fingerprint density at radius 2 is 1.82 bits per heavy atom. The minimum atomic E-state index is -0.805. The monoisotopic (exact) mass is 397 g/mol. The van der Waals surface area contributed by atoms with Crippen molar-refractivity contribution in [3.63, 3.8) is 0 Å². The number of halogens is 1. The van der Waals surface area contributed by atoms with Crippen molar-refractivity contribution in [2.24, 2.45) is 0 Å². The molecule has 6 nitrogen and oxygen atoms in total. The summed E-state index contributed by atoms with van der Waals surface area (Å²) in [7, 11) is 0. The molecule has 0 aliphatic heterocycles. The van der Waals surface area contributed by atoms with E-state index in [0.29, 0.717) is 16.4 Å². The molecule has 144 valence electrons. The standard InChI is InChI=1S/C21H20ClN3O3/c1-13-4-8-17(9-5-13)23-21(27)15(3)28-19-10-11-20(26)25(24-19)18-12-16(22)7-6-14(18)2/h4-12,15H,1-3H3,(H,23,27)/t15-/m1/s1. The van der Waals surface area contributed by atoms with Gasteiger partial charge in [0, 0.05) is 22.8 Å². The Hall–Kier alpha value is -3.12. The highest BCUT2D eigenvalue weighted by Crippen LogP contribution is 2.18. The molecule has 0 bridgehead atoms. The summed E-state index contributed by atoms with van der Waals surface area (Å²) in [4.78, 5) is 24.6. The van der Waals surface area contributed by atoms with E-state index in [0.717, 1.165) is 11.1 Å². The number of anilines is 1. The predicted octanol–water partition coefficient (Wildman–Crippen LogP) is 3.91. The molecule has 2 aromatic carbocycles. The first-order valence-electron chi connectivity index (χ1n) is 8.74. The average Bonchev–Trinajstić information content (AvgIpc) is 2.67. The third kappa shape index (κ3) is 4.58. The van der Waals surface area contributed by atoms with Crippen molar-refractivity contribution in [1.82, 2.24) is 9.78 Å². The molecule has 0 aliphatic carbocycles. The summed E-state index contributed by atoms with van der Waals surface area (Å²) in [6, 6.07) is 15.4. The molecule has 0 spiro atoms. The normalized spacial score (nSPS) is 11.7. The summed E-state index contributed by atoms with van der Waals surface area (Å²) < 4.78 is 6.85. The van der Waals surface area contributed by atoms with Crippen LogP contribution in [0.5, 0.6) is 5.88 Å². The second kappa shape index (κ2) is 8.27. The molecule has 3 aromatic rings. The van der Waals surface area contributed by atoms with Gasteiger partial charge in [0.05, 0.1) is 5.69 Å². The number of benzene rings is 2. The smallest absolute Gasteiger partial charge is 0.271 e. The van der Waals surface area contributed by atoms with Crippen LogP contribution in [0.15, 0.2) is 59.4 Å².